The third-order valence-electron chi connectivity index (χ3n) is 2.11. The maximum atomic E-state index is 13.5. The van der Waals surface area contributed by atoms with Gasteiger partial charge in [0, 0.05) is 0 Å². The number of nitrogens with one attached hydrogen (secondary N) is 2. The number of anilines is 2. The minimum absolute atomic E-state index is 0.0160. The predicted molar refractivity (Wildman–Crippen MR) is 60.9 cm³/mol. The molecular weight excluding hydrogens is 225 g/mol. The van der Waals surface area contributed by atoms with Crippen LogP contribution >= 0.6 is 0 Å². The molecule has 0 aliphatic carbocycles. The molecule has 0 unspecified atom stereocenters. The molecule has 0 atom stereocenters. The molecule has 0 bridgehead atoms. The summed E-state index contributed by atoms with van der Waals surface area (Å²) in [7, 11) is 0. The number of hydrogen-bond acceptors (Lipinski definition) is 4. The zero-order chi connectivity index (χ0) is 12.4. The molecule has 17 heavy (non-hydrogen) atoms. The molecule has 0 amide bonds. The zero-order valence-electron chi connectivity index (χ0n) is 8.99. The molecule has 6 heteroatoms. The smallest absolute Gasteiger partial charge is 0.256 e. The van der Waals surface area contributed by atoms with E-state index in [0.717, 1.165) is 11.6 Å². The van der Waals surface area contributed by atoms with Crippen LogP contribution < -0.4 is 10.9 Å². The van der Waals surface area contributed by atoms with Crippen molar-refractivity contribution in [3.63, 3.8) is 0 Å². The molecular formula is C11H10FN3O2. The van der Waals surface area contributed by atoms with Gasteiger partial charge < -0.3 is 10.4 Å². The summed E-state index contributed by atoms with van der Waals surface area (Å²) in [5, 5.41) is 11.7. The standard InChI is InChI=1S/C11H10FN3O2/c1-6-2-3-8(7(12)4-6)13-11-14-9(16)5-10(17)15-11/h2-5H,1H3,(H3,13,14,15,16,17). The monoisotopic (exact) mass is 235 g/mol. The lowest BCUT2D eigenvalue weighted by molar-refractivity contribution is 0.452. The summed E-state index contributed by atoms with van der Waals surface area (Å²) in [5.41, 5.74) is 0.433. The summed E-state index contributed by atoms with van der Waals surface area (Å²) in [6, 6.07) is 5.51. The number of aromatic hydroxyl groups is 1. The summed E-state index contributed by atoms with van der Waals surface area (Å²) >= 11 is 0. The van der Waals surface area contributed by atoms with Gasteiger partial charge in [-0.2, -0.15) is 4.98 Å². The second-order valence-corrected chi connectivity index (χ2v) is 3.56. The average Bonchev–Trinajstić information content (AvgIpc) is 2.21. The van der Waals surface area contributed by atoms with E-state index in [9.17, 15) is 9.18 Å². The summed E-state index contributed by atoms with van der Waals surface area (Å²) in [5.74, 6) is -0.905. The Morgan fingerprint density at radius 3 is 2.82 bits per heavy atom. The summed E-state index contributed by atoms with van der Waals surface area (Å²) in [6.07, 6.45) is 0. The number of nitrogens with zero attached hydrogens (tertiary/aromatic N) is 1. The van der Waals surface area contributed by atoms with Gasteiger partial charge in [0.2, 0.25) is 11.8 Å². The second-order valence-electron chi connectivity index (χ2n) is 3.56. The van der Waals surface area contributed by atoms with E-state index in [1.54, 1.807) is 13.0 Å². The van der Waals surface area contributed by atoms with Gasteiger partial charge in [-0.1, -0.05) is 6.07 Å². The third-order valence-corrected chi connectivity index (χ3v) is 2.11. The third kappa shape index (κ3) is 2.60. The van der Waals surface area contributed by atoms with E-state index < -0.39 is 17.3 Å². The number of aromatic nitrogens is 2. The average molecular weight is 235 g/mol. The van der Waals surface area contributed by atoms with Crippen LogP contribution in [-0.4, -0.2) is 15.1 Å². The molecule has 0 fully saturated rings. The molecule has 2 aromatic rings. The van der Waals surface area contributed by atoms with Crippen LogP contribution in [-0.2, 0) is 0 Å². The van der Waals surface area contributed by atoms with E-state index in [2.05, 4.69) is 15.3 Å². The summed E-state index contributed by atoms with van der Waals surface area (Å²) in [6.45, 7) is 1.77. The molecule has 0 aliphatic heterocycles. The second kappa shape index (κ2) is 4.25. The van der Waals surface area contributed by atoms with E-state index in [-0.39, 0.29) is 11.6 Å². The Balaban J connectivity index is 2.34. The van der Waals surface area contributed by atoms with Crippen molar-refractivity contribution in [2.24, 2.45) is 0 Å². The maximum Gasteiger partial charge on any atom is 0.256 e. The van der Waals surface area contributed by atoms with Crippen LogP contribution in [0.2, 0.25) is 0 Å². The largest absolute Gasteiger partial charge is 0.493 e. The first-order valence-corrected chi connectivity index (χ1v) is 4.88. The SMILES string of the molecule is Cc1ccc(Nc2nc(O)cc(=O)[nH]2)c(F)c1. The quantitative estimate of drug-likeness (QED) is 0.739. The number of aryl methyl sites for hydroxylation is 1. The van der Waals surface area contributed by atoms with E-state index in [4.69, 9.17) is 5.11 Å². The van der Waals surface area contributed by atoms with Crippen molar-refractivity contribution in [3.8, 4) is 5.88 Å². The van der Waals surface area contributed by atoms with Crippen LogP contribution in [0.25, 0.3) is 0 Å². The fraction of sp³-hybridized carbons (Fsp3) is 0.0909. The molecule has 0 saturated carbocycles. The molecule has 0 spiro atoms. The number of rotatable bonds is 2. The Bertz CT molecular complexity index is 610. The number of aromatic amines is 1. The Kier molecular flexibility index (Phi) is 2.78. The molecule has 1 aromatic heterocycles. The molecule has 88 valence electrons. The van der Waals surface area contributed by atoms with Crippen molar-refractivity contribution in [1.29, 1.82) is 0 Å². The van der Waals surface area contributed by atoms with Crippen molar-refractivity contribution in [2.45, 2.75) is 6.92 Å². The Labute approximate surface area is 96.0 Å². The van der Waals surface area contributed by atoms with Crippen LogP contribution in [0.5, 0.6) is 5.88 Å². The van der Waals surface area contributed by atoms with Crippen LogP contribution in [0, 0.1) is 12.7 Å². The lowest BCUT2D eigenvalue weighted by Gasteiger charge is -2.06. The fourth-order valence-electron chi connectivity index (χ4n) is 1.35. The number of halogens is 1. The summed E-state index contributed by atoms with van der Waals surface area (Å²) in [4.78, 5) is 17.0. The lowest BCUT2D eigenvalue weighted by Crippen LogP contribution is -2.09. The molecule has 1 heterocycles. The van der Waals surface area contributed by atoms with Gasteiger partial charge in [-0.05, 0) is 24.6 Å². The van der Waals surface area contributed by atoms with Gasteiger partial charge in [-0.15, -0.1) is 0 Å². The fourth-order valence-corrected chi connectivity index (χ4v) is 1.35. The maximum absolute atomic E-state index is 13.5. The highest BCUT2D eigenvalue weighted by Crippen LogP contribution is 2.18. The molecule has 0 saturated heterocycles. The molecule has 1 aromatic carbocycles. The zero-order valence-corrected chi connectivity index (χ0v) is 8.99. The first-order valence-electron chi connectivity index (χ1n) is 4.88. The molecule has 3 N–H and O–H groups in total. The van der Waals surface area contributed by atoms with Crippen molar-refractivity contribution >= 4 is 11.6 Å². The van der Waals surface area contributed by atoms with Crippen molar-refractivity contribution < 1.29 is 9.50 Å². The van der Waals surface area contributed by atoms with E-state index in [1.165, 1.54) is 12.1 Å². The van der Waals surface area contributed by atoms with Crippen LogP contribution in [0.4, 0.5) is 16.0 Å². The lowest BCUT2D eigenvalue weighted by atomic mass is 10.2. The Morgan fingerprint density at radius 1 is 1.41 bits per heavy atom. The highest BCUT2D eigenvalue weighted by molar-refractivity contribution is 5.54. The van der Waals surface area contributed by atoms with Crippen molar-refractivity contribution in [1.82, 2.24) is 9.97 Å². The van der Waals surface area contributed by atoms with Crippen LogP contribution in [0.1, 0.15) is 5.56 Å². The number of hydrogen-bond donors (Lipinski definition) is 3. The number of H-pyrrole nitrogens is 1. The van der Waals surface area contributed by atoms with E-state index >= 15 is 0 Å². The predicted octanol–water partition coefficient (Wildman–Crippen LogP) is 1.67. The normalized spacial score (nSPS) is 10.2. The first-order chi connectivity index (χ1) is 8.04. The van der Waals surface area contributed by atoms with Crippen LogP contribution in [0.3, 0.4) is 0 Å². The number of benzene rings is 1. The highest BCUT2D eigenvalue weighted by atomic mass is 19.1. The van der Waals surface area contributed by atoms with Gasteiger partial charge in [0.1, 0.15) is 5.82 Å². The molecule has 0 radical (unpaired) electrons. The van der Waals surface area contributed by atoms with Crippen molar-refractivity contribution in [2.75, 3.05) is 5.32 Å². The molecule has 5 nitrogen and oxygen atoms in total. The summed E-state index contributed by atoms with van der Waals surface area (Å²) < 4.78 is 13.5. The first kappa shape index (κ1) is 11.1. The van der Waals surface area contributed by atoms with Crippen LogP contribution in [0.15, 0.2) is 29.1 Å². The van der Waals surface area contributed by atoms with Gasteiger partial charge in [0.25, 0.3) is 5.56 Å². The molecule has 0 aliphatic rings. The Hall–Kier alpha value is -2.37. The van der Waals surface area contributed by atoms with Gasteiger partial charge in [-0.25, -0.2) is 4.39 Å². The van der Waals surface area contributed by atoms with Gasteiger partial charge in [0.05, 0.1) is 11.8 Å². The van der Waals surface area contributed by atoms with Gasteiger partial charge in [-0.3, -0.25) is 9.78 Å². The Morgan fingerprint density at radius 2 is 2.18 bits per heavy atom. The van der Waals surface area contributed by atoms with Gasteiger partial charge >= 0.3 is 0 Å². The van der Waals surface area contributed by atoms with E-state index in [0.29, 0.717) is 0 Å². The minimum Gasteiger partial charge on any atom is -0.493 e. The van der Waals surface area contributed by atoms with Gasteiger partial charge in [0.15, 0.2) is 0 Å². The highest BCUT2D eigenvalue weighted by Gasteiger charge is 2.05. The minimum atomic E-state index is -0.521. The van der Waals surface area contributed by atoms with Crippen molar-refractivity contribution in [3.05, 3.63) is 46.0 Å². The topological polar surface area (TPSA) is 78.0 Å². The molecule has 2 rings (SSSR count). The van der Waals surface area contributed by atoms with E-state index in [1.807, 2.05) is 0 Å².